The second kappa shape index (κ2) is 4.76. The molecule has 1 aromatic carbocycles. The van der Waals surface area contributed by atoms with Gasteiger partial charge in [0.2, 0.25) is 0 Å². The summed E-state index contributed by atoms with van der Waals surface area (Å²) in [7, 11) is 0. The van der Waals surface area contributed by atoms with Crippen molar-refractivity contribution in [3.8, 4) is 11.3 Å². The van der Waals surface area contributed by atoms with Gasteiger partial charge in [-0.1, -0.05) is 6.07 Å². The molecule has 2 heterocycles. The van der Waals surface area contributed by atoms with Gasteiger partial charge in [-0.2, -0.15) is 0 Å². The van der Waals surface area contributed by atoms with Gasteiger partial charge in [-0.15, -0.1) is 0 Å². The van der Waals surface area contributed by atoms with E-state index in [-0.39, 0.29) is 16.9 Å². The number of rotatable bonds is 1. The highest BCUT2D eigenvalue weighted by atomic mass is 19.1. The summed E-state index contributed by atoms with van der Waals surface area (Å²) in [6.07, 6.45) is 5.05. The maximum atomic E-state index is 13.9. The summed E-state index contributed by atoms with van der Waals surface area (Å²) >= 11 is 0. The van der Waals surface area contributed by atoms with E-state index in [0.717, 1.165) is 36.9 Å². The van der Waals surface area contributed by atoms with Crippen LogP contribution in [0.25, 0.3) is 16.9 Å². The second-order valence-corrected chi connectivity index (χ2v) is 5.51. The third-order valence-electron chi connectivity index (χ3n) is 4.14. The highest BCUT2D eigenvalue weighted by Gasteiger charge is 2.20. The summed E-state index contributed by atoms with van der Waals surface area (Å²) in [5, 5.41) is 0. The van der Waals surface area contributed by atoms with Crippen LogP contribution in [0.15, 0.2) is 29.2 Å². The van der Waals surface area contributed by atoms with Gasteiger partial charge in [0.1, 0.15) is 17.3 Å². The van der Waals surface area contributed by atoms with E-state index < -0.39 is 11.6 Å². The molecule has 4 rings (SSSR count). The minimum absolute atomic E-state index is 0.139. The normalized spacial score (nSPS) is 14.3. The van der Waals surface area contributed by atoms with E-state index in [1.807, 2.05) is 0 Å². The molecule has 1 aliphatic rings. The number of hydrogen-bond donors (Lipinski definition) is 1. The maximum Gasteiger partial charge on any atom is 0.331 e. The summed E-state index contributed by atoms with van der Waals surface area (Å²) < 4.78 is 29.2. The van der Waals surface area contributed by atoms with E-state index in [1.54, 1.807) is 0 Å². The lowest BCUT2D eigenvalue weighted by Gasteiger charge is -2.15. The van der Waals surface area contributed by atoms with Crippen molar-refractivity contribution in [2.75, 3.05) is 0 Å². The molecule has 22 heavy (non-hydrogen) atoms. The summed E-state index contributed by atoms with van der Waals surface area (Å²) in [6, 6.07) is 3.67. The zero-order valence-electron chi connectivity index (χ0n) is 11.7. The number of aromatic amines is 1. The van der Waals surface area contributed by atoms with Crippen LogP contribution in [0.1, 0.15) is 24.1 Å². The van der Waals surface area contributed by atoms with Crippen molar-refractivity contribution in [1.82, 2.24) is 14.4 Å². The SMILES string of the molecule is O=c1[nH]c2c(c3nc(-c4c(F)cccc4F)cn13)CCCC2. The number of aryl methyl sites for hydroxylation is 2. The molecule has 0 bridgehead atoms. The van der Waals surface area contributed by atoms with Gasteiger partial charge in [-0.3, -0.25) is 4.40 Å². The molecule has 1 aliphatic carbocycles. The number of imidazole rings is 1. The second-order valence-electron chi connectivity index (χ2n) is 5.51. The van der Waals surface area contributed by atoms with Crippen LogP contribution in [-0.4, -0.2) is 14.4 Å². The Labute approximate surface area is 124 Å². The quantitative estimate of drug-likeness (QED) is 0.751. The van der Waals surface area contributed by atoms with Crippen molar-refractivity contribution in [2.24, 2.45) is 0 Å². The van der Waals surface area contributed by atoms with Crippen molar-refractivity contribution < 1.29 is 8.78 Å². The van der Waals surface area contributed by atoms with E-state index >= 15 is 0 Å². The fourth-order valence-electron chi connectivity index (χ4n) is 3.09. The molecule has 0 aliphatic heterocycles. The van der Waals surface area contributed by atoms with Gasteiger partial charge in [0.25, 0.3) is 0 Å². The predicted octanol–water partition coefficient (Wildman–Crippen LogP) is 2.85. The van der Waals surface area contributed by atoms with Gasteiger partial charge in [0, 0.05) is 17.5 Å². The van der Waals surface area contributed by atoms with Gasteiger partial charge < -0.3 is 4.98 Å². The summed E-state index contributed by atoms with van der Waals surface area (Å²) in [5.74, 6) is -1.37. The van der Waals surface area contributed by atoms with Crippen molar-refractivity contribution in [1.29, 1.82) is 0 Å². The number of benzene rings is 1. The molecule has 0 saturated carbocycles. The Morgan fingerprint density at radius 1 is 1.14 bits per heavy atom. The van der Waals surface area contributed by atoms with Crippen molar-refractivity contribution in [2.45, 2.75) is 25.7 Å². The third kappa shape index (κ3) is 1.87. The van der Waals surface area contributed by atoms with E-state index in [1.165, 1.54) is 28.8 Å². The van der Waals surface area contributed by atoms with Crippen LogP contribution in [0, 0.1) is 11.6 Å². The van der Waals surface area contributed by atoms with Crippen molar-refractivity contribution in [3.63, 3.8) is 0 Å². The number of halogens is 2. The smallest absolute Gasteiger partial charge is 0.311 e. The monoisotopic (exact) mass is 301 g/mol. The predicted molar refractivity (Wildman–Crippen MR) is 77.8 cm³/mol. The first-order valence-electron chi connectivity index (χ1n) is 7.22. The van der Waals surface area contributed by atoms with Crippen LogP contribution in [0.4, 0.5) is 8.78 Å². The van der Waals surface area contributed by atoms with Gasteiger partial charge in [-0.05, 0) is 37.8 Å². The Balaban J connectivity index is 2.02. The first-order chi connectivity index (χ1) is 10.6. The molecular formula is C16H13F2N3O. The third-order valence-corrected chi connectivity index (χ3v) is 4.14. The zero-order valence-corrected chi connectivity index (χ0v) is 11.7. The van der Waals surface area contributed by atoms with Crippen molar-refractivity contribution >= 4 is 5.65 Å². The molecule has 112 valence electrons. The van der Waals surface area contributed by atoms with Crippen LogP contribution >= 0.6 is 0 Å². The van der Waals surface area contributed by atoms with E-state index in [4.69, 9.17) is 0 Å². The lowest BCUT2D eigenvalue weighted by atomic mass is 9.97. The molecular weight excluding hydrogens is 288 g/mol. The fraction of sp³-hybridized carbons (Fsp3) is 0.250. The number of aromatic nitrogens is 3. The summed E-state index contributed by atoms with van der Waals surface area (Å²) in [5.41, 5.74) is 1.96. The molecule has 0 amide bonds. The van der Waals surface area contributed by atoms with E-state index in [9.17, 15) is 13.6 Å². The number of nitrogens with zero attached hydrogens (tertiary/aromatic N) is 2. The molecule has 0 unspecified atom stereocenters. The molecule has 0 saturated heterocycles. The minimum Gasteiger partial charge on any atom is -0.311 e. The van der Waals surface area contributed by atoms with Gasteiger partial charge in [0.05, 0.1) is 11.3 Å². The Hall–Kier alpha value is -2.50. The fourth-order valence-corrected chi connectivity index (χ4v) is 3.09. The highest BCUT2D eigenvalue weighted by Crippen LogP contribution is 2.28. The van der Waals surface area contributed by atoms with E-state index in [0.29, 0.717) is 5.65 Å². The topological polar surface area (TPSA) is 50.2 Å². The number of hydrogen-bond acceptors (Lipinski definition) is 2. The summed E-state index contributed by atoms with van der Waals surface area (Å²) in [6.45, 7) is 0. The summed E-state index contributed by atoms with van der Waals surface area (Å²) in [4.78, 5) is 19.3. The molecule has 0 radical (unpaired) electrons. The molecule has 0 atom stereocenters. The number of H-pyrrole nitrogens is 1. The lowest BCUT2D eigenvalue weighted by molar-refractivity contribution is 0.589. The lowest BCUT2D eigenvalue weighted by Crippen LogP contribution is -2.21. The molecule has 2 aromatic heterocycles. The largest absolute Gasteiger partial charge is 0.331 e. The highest BCUT2D eigenvalue weighted by molar-refractivity contribution is 5.65. The molecule has 1 N–H and O–H groups in total. The minimum atomic E-state index is -0.686. The first-order valence-corrected chi connectivity index (χ1v) is 7.22. The maximum absolute atomic E-state index is 13.9. The molecule has 0 spiro atoms. The Bertz CT molecular complexity index is 922. The van der Waals surface area contributed by atoms with Crippen molar-refractivity contribution in [3.05, 3.63) is 57.8 Å². The Morgan fingerprint density at radius 2 is 1.86 bits per heavy atom. The Kier molecular flexibility index (Phi) is 2.85. The van der Waals surface area contributed by atoms with Crippen LogP contribution < -0.4 is 5.69 Å². The van der Waals surface area contributed by atoms with Gasteiger partial charge in [0.15, 0.2) is 0 Å². The standard InChI is InChI=1S/C16H13F2N3O/c17-10-5-3-6-11(18)14(10)13-8-21-15(19-13)9-4-1-2-7-12(9)20-16(21)22/h3,5-6,8H,1-2,4,7H2,(H,20,22). The average Bonchev–Trinajstić information content (AvgIpc) is 2.93. The van der Waals surface area contributed by atoms with Crippen LogP contribution in [0.2, 0.25) is 0 Å². The Morgan fingerprint density at radius 3 is 2.64 bits per heavy atom. The zero-order chi connectivity index (χ0) is 15.3. The molecule has 4 nitrogen and oxygen atoms in total. The molecule has 6 heteroatoms. The average molecular weight is 301 g/mol. The first kappa shape index (κ1) is 13.2. The van der Waals surface area contributed by atoms with Crippen LogP contribution in [-0.2, 0) is 12.8 Å². The number of fused-ring (bicyclic) bond motifs is 3. The number of nitrogens with one attached hydrogen (secondary N) is 1. The van der Waals surface area contributed by atoms with Gasteiger partial charge in [-0.25, -0.2) is 18.6 Å². The molecule has 3 aromatic rings. The molecule has 0 fully saturated rings. The van der Waals surface area contributed by atoms with Crippen LogP contribution in [0.5, 0.6) is 0 Å². The van der Waals surface area contributed by atoms with Crippen LogP contribution in [0.3, 0.4) is 0 Å². The van der Waals surface area contributed by atoms with E-state index in [2.05, 4.69) is 9.97 Å². The van der Waals surface area contributed by atoms with Gasteiger partial charge >= 0.3 is 5.69 Å².